The van der Waals surface area contributed by atoms with Crippen molar-refractivity contribution in [3.05, 3.63) is 28.8 Å². The van der Waals surface area contributed by atoms with Crippen LogP contribution in [0, 0.1) is 0 Å². The van der Waals surface area contributed by atoms with Crippen molar-refractivity contribution in [2.75, 3.05) is 27.2 Å². The average Bonchev–Trinajstić information content (AvgIpc) is 2.22. The molecule has 1 rings (SSSR count). The minimum atomic E-state index is 0.0751. The summed E-state index contributed by atoms with van der Waals surface area (Å²) in [6.07, 6.45) is 0.733. The summed E-state index contributed by atoms with van der Waals surface area (Å²) in [6, 6.07) is 5.79. The van der Waals surface area contributed by atoms with Crippen LogP contribution in [-0.2, 0) is 6.42 Å². The van der Waals surface area contributed by atoms with Crippen LogP contribution in [0.5, 0.6) is 5.75 Å². The van der Waals surface area contributed by atoms with Gasteiger partial charge in [0.15, 0.2) is 0 Å². The van der Waals surface area contributed by atoms with E-state index in [2.05, 4.69) is 4.90 Å². The van der Waals surface area contributed by atoms with Crippen molar-refractivity contribution in [1.82, 2.24) is 4.90 Å². The van der Waals surface area contributed by atoms with Gasteiger partial charge in [-0.3, -0.25) is 0 Å². The van der Waals surface area contributed by atoms with Gasteiger partial charge in [-0.05, 0) is 39.6 Å². The highest BCUT2D eigenvalue weighted by Crippen LogP contribution is 2.27. The molecular formula is C13H21ClN2O. The number of hydrogen-bond donors (Lipinski definition) is 1. The lowest BCUT2D eigenvalue weighted by molar-refractivity contribution is 0.259. The van der Waals surface area contributed by atoms with Gasteiger partial charge < -0.3 is 15.4 Å². The fourth-order valence-corrected chi connectivity index (χ4v) is 1.78. The van der Waals surface area contributed by atoms with Crippen molar-refractivity contribution in [1.29, 1.82) is 0 Å². The van der Waals surface area contributed by atoms with Crippen LogP contribution in [-0.4, -0.2) is 38.2 Å². The first-order valence-corrected chi connectivity index (χ1v) is 6.19. The number of nitrogens with two attached hydrogens (primary N) is 1. The molecule has 0 bridgehead atoms. The second-order valence-corrected chi connectivity index (χ2v) is 4.96. The molecule has 0 aliphatic carbocycles. The maximum Gasteiger partial charge on any atom is 0.124 e. The van der Waals surface area contributed by atoms with Crippen LogP contribution >= 0.6 is 11.6 Å². The van der Waals surface area contributed by atoms with E-state index in [1.165, 1.54) is 0 Å². The summed E-state index contributed by atoms with van der Waals surface area (Å²) in [5.41, 5.74) is 6.82. The SMILES string of the molecule is CC(N)Cc1c(Cl)cccc1OCCN(C)C. The van der Waals surface area contributed by atoms with E-state index in [1.807, 2.05) is 39.2 Å². The summed E-state index contributed by atoms with van der Waals surface area (Å²) in [7, 11) is 4.04. The van der Waals surface area contributed by atoms with Crippen LogP contribution < -0.4 is 10.5 Å². The van der Waals surface area contributed by atoms with Gasteiger partial charge in [-0.1, -0.05) is 17.7 Å². The Hall–Kier alpha value is -0.770. The first-order valence-electron chi connectivity index (χ1n) is 5.81. The number of likely N-dealkylation sites (N-methyl/N-ethyl adjacent to an activating group) is 1. The molecular weight excluding hydrogens is 236 g/mol. The van der Waals surface area contributed by atoms with E-state index in [0.717, 1.165) is 29.3 Å². The molecule has 0 radical (unpaired) electrons. The maximum absolute atomic E-state index is 6.17. The predicted octanol–water partition coefficient (Wildman–Crippen LogP) is 2.17. The lowest BCUT2D eigenvalue weighted by Gasteiger charge is -2.16. The molecule has 3 nitrogen and oxygen atoms in total. The van der Waals surface area contributed by atoms with Gasteiger partial charge in [-0.25, -0.2) is 0 Å². The van der Waals surface area contributed by atoms with Gasteiger partial charge in [0.2, 0.25) is 0 Å². The van der Waals surface area contributed by atoms with Gasteiger partial charge in [0.25, 0.3) is 0 Å². The van der Waals surface area contributed by atoms with Crippen LogP contribution in [0.15, 0.2) is 18.2 Å². The zero-order chi connectivity index (χ0) is 12.8. The lowest BCUT2D eigenvalue weighted by atomic mass is 10.1. The Morgan fingerprint density at radius 2 is 2.12 bits per heavy atom. The number of nitrogens with zero attached hydrogens (tertiary/aromatic N) is 1. The topological polar surface area (TPSA) is 38.5 Å². The molecule has 4 heteroatoms. The van der Waals surface area contributed by atoms with E-state index in [-0.39, 0.29) is 6.04 Å². The third kappa shape index (κ3) is 4.94. The van der Waals surface area contributed by atoms with Crippen molar-refractivity contribution in [3.63, 3.8) is 0 Å². The zero-order valence-corrected chi connectivity index (χ0v) is 11.5. The highest BCUT2D eigenvalue weighted by Gasteiger charge is 2.10. The molecule has 1 aromatic carbocycles. The third-order valence-electron chi connectivity index (χ3n) is 2.40. The largest absolute Gasteiger partial charge is 0.492 e. The monoisotopic (exact) mass is 256 g/mol. The molecule has 1 unspecified atom stereocenters. The Labute approximate surface area is 109 Å². The van der Waals surface area contributed by atoms with Crippen molar-refractivity contribution in [3.8, 4) is 5.75 Å². The smallest absolute Gasteiger partial charge is 0.124 e. The number of rotatable bonds is 6. The van der Waals surface area contributed by atoms with Crippen LogP contribution in [0.2, 0.25) is 5.02 Å². The summed E-state index contributed by atoms with van der Waals surface area (Å²) in [6.45, 7) is 3.50. The van der Waals surface area contributed by atoms with E-state index in [9.17, 15) is 0 Å². The number of benzene rings is 1. The van der Waals surface area contributed by atoms with Crippen LogP contribution in [0.4, 0.5) is 0 Å². The summed E-state index contributed by atoms with van der Waals surface area (Å²) in [4.78, 5) is 2.08. The van der Waals surface area contributed by atoms with Crippen molar-refractivity contribution in [2.45, 2.75) is 19.4 Å². The molecule has 1 atom stereocenters. The van der Waals surface area contributed by atoms with E-state index < -0.39 is 0 Å². The number of halogens is 1. The molecule has 1 aromatic rings. The second kappa shape index (κ2) is 6.84. The standard InChI is InChI=1S/C13H21ClN2O/c1-10(15)9-11-12(14)5-4-6-13(11)17-8-7-16(2)3/h4-6,10H,7-9,15H2,1-3H3. The van der Waals surface area contributed by atoms with Gasteiger partial charge >= 0.3 is 0 Å². The summed E-state index contributed by atoms with van der Waals surface area (Å²) >= 11 is 6.17. The lowest BCUT2D eigenvalue weighted by Crippen LogP contribution is -2.21. The third-order valence-corrected chi connectivity index (χ3v) is 2.75. The van der Waals surface area contributed by atoms with Crippen molar-refractivity contribution >= 4 is 11.6 Å². The number of ether oxygens (including phenoxy) is 1. The van der Waals surface area contributed by atoms with Crippen molar-refractivity contribution in [2.24, 2.45) is 5.73 Å². The Bertz CT molecular complexity index is 353. The first kappa shape index (κ1) is 14.3. The summed E-state index contributed by atoms with van der Waals surface area (Å²) < 4.78 is 5.75. The highest BCUT2D eigenvalue weighted by molar-refractivity contribution is 6.31. The van der Waals surface area contributed by atoms with Gasteiger partial charge in [0, 0.05) is 23.2 Å². The molecule has 96 valence electrons. The molecule has 0 fully saturated rings. The Kier molecular flexibility index (Phi) is 5.75. The molecule has 0 spiro atoms. The van der Waals surface area contributed by atoms with E-state index in [4.69, 9.17) is 22.1 Å². The summed E-state index contributed by atoms with van der Waals surface area (Å²) in [5.74, 6) is 0.844. The van der Waals surface area contributed by atoms with Crippen LogP contribution in [0.25, 0.3) is 0 Å². The molecule has 0 aromatic heterocycles. The minimum absolute atomic E-state index is 0.0751. The molecule has 0 saturated carbocycles. The fourth-order valence-electron chi connectivity index (χ4n) is 1.53. The van der Waals surface area contributed by atoms with Crippen LogP contribution in [0.3, 0.4) is 0 Å². The number of hydrogen-bond acceptors (Lipinski definition) is 3. The van der Waals surface area contributed by atoms with Gasteiger partial charge in [-0.2, -0.15) is 0 Å². The Morgan fingerprint density at radius 1 is 1.41 bits per heavy atom. The molecule has 0 aliphatic rings. The highest BCUT2D eigenvalue weighted by atomic mass is 35.5. The second-order valence-electron chi connectivity index (χ2n) is 4.55. The van der Waals surface area contributed by atoms with E-state index in [0.29, 0.717) is 6.61 Å². The van der Waals surface area contributed by atoms with Gasteiger partial charge in [-0.15, -0.1) is 0 Å². The molecule has 0 heterocycles. The van der Waals surface area contributed by atoms with Crippen LogP contribution in [0.1, 0.15) is 12.5 Å². The molecule has 17 heavy (non-hydrogen) atoms. The summed E-state index contributed by atoms with van der Waals surface area (Å²) in [5, 5.41) is 0.727. The maximum atomic E-state index is 6.17. The van der Waals surface area contributed by atoms with E-state index in [1.54, 1.807) is 0 Å². The molecule has 0 saturated heterocycles. The first-order chi connectivity index (χ1) is 8.00. The average molecular weight is 257 g/mol. The molecule has 0 aliphatic heterocycles. The van der Waals surface area contributed by atoms with E-state index >= 15 is 0 Å². The predicted molar refractivity (Wildman–Crippen MR) is 72.9 cm³/mol. The molecule has 0 amide bonds. The Balaban J connectivity index is 2.72. The fraction of sp³-hybridized carbons (Fsp3) is 0.538. The van der Waals surface area contributed by atoms with Gasteiger partial charge in [0.05, 0.1) is 0 Å². The van der Waals surface area contributed by atoms with Crippen molar-refractivity contribution < 1.29 is 4.74 Å². The quantitative estimate of drug-likeness (QED) is 0.848. The van der Waals surface area contributed by atoms with Gasteiger partial charge in [0.1, 0.15) is 12.4 Å². The zero-order valence-electron chi connectivity index (χ0n) is 10.7. The molecule has 2 N–H and O–H groups in total. The Morgan fingerprint density at radius 3 is 2.71 bits per heavy atom. The minimum Gasteiger partial charge on any atom is -0.492 e. The normalized spacial score (nSPS) is 12.8.